The lowest BCUT2D eigenvalue weighted by Crippen LogP contribution is -2.11. The van der Waals surface area contributed by atoms with Crippen molar-refractivity contribution in [3.8, 4) is 11.3 Å². The molecule has 0 atom stereocenters. The summed E-state index contributed by atoms with van der Waals surface area (Å²) in [4.78, 5) is 12.2. The minimum absolute atomic E-state index is 0.184. The normalized spacial score (nSPS) is 14.0. The van der Waals surface area contributed by atoms with E-state index in [2.05, 4.69) is 15.6 Å². The standard InChI is InChI=1S/C17H15N3O3/c1-10-15(12-5-3-2-4-6-12)20-23-17(10)18-16(21)14-9-13(19-22-14)11-7-8-11/h2-6,9,11H,7-8H2,1H3,(H,18,21). The molecule has 3 aromatic rings. The number of amides is 1. The van der Waals surface area contributed by atoms with Gasteiger partial charge in [0.05, 0.1) is 5.69 Å². The van der Waals surface area contributed by atoms with Crippen molar-refractivity contribution in [2.75, 3.05) is 5.32 Å². The molecular formula is C17H15N3O3. The predicted molar refractivity (Wildman–Crippen MR) is 83.1 cm³/mol. The first-order valence-electron chi connectivity index (χ1n) is 7.52. The van der Waals surface area contributed by atoms with Crippen LogP contribution in [0.3, 0.4) is 0 Å². The maximum atomic E-state index is 12.2. The monoisotopic (exact) mass is 309 g/mol. The van der Waals surface area contributed by atoms with Crippen molar-refractivity contribution in [2.24, 2.45) is 0 Å². The van der Waals surface area contributed by atoms with Gasteiger partial charge in [-0.2, -0.15) is 0 Å². The van der Waals surface area contributed by atoms with Gasteiger partial charge in [0.15, 0.2) is 0 Å². The Balaban J connectivity index is 1.54. The minimum Gasteiger partial charge on any atom is -0.351 e. The molecule has 0 radical (unpaired) electrons. The molecule has 1 saturated carbocycles. The highest BCUT2D eigenvalue weighted by molar-refractivity contribution is 6.02. The number of rotatable bonds is 4. The molecule has 0 aliphatic heterocycles. The molecule has 0 saturated heterocycles. The fourth-order valence-electron chi connectivity index (χ4n) is 2.45. The highest BCUT2D eigenvalue weighted by Crippen LogP contribution is 2.39. The molecule has 2 aromatic heterocycles. The van der Waals surface area contributed by atoms with Gasteiger partial charge in [0.2, 0.25) is 11.6 Å². The average Bonchev–Trinajstić information content (AvgIpc) is 3.20. The van der Waals surface area contributed by atoms with E-state index in [1.54, 1.807) is 6.07 Å². The Morgan fingerprint density at radius 1 is 1.17 bits per heavy atom. The molecule has 1 N–H and O–H groups in total. The Labute approximate surface area is 132 Å². The van der Waals surface area contributed by atoms with Crippen LogP contribution in [0.5, 0.6) is 0 Å². The SMILES string of the molecule is Cc1c(-c2ccccc2)noc1NC(=O)c1cc(C2CC2)no1. The van der Waals surface area contributed by atoms with Crippen LogP contribution < -0.4 is 5.32 Å². The minimum atomic E-state index is -0.386. The smallest absolute Gasteiger partial charge is 0.296 e. The van der Waals surface area contributed by atoms with Gasteiger partial charge in [0.25, 0.3) is 5.91 Å². The van der Waals surface area contributed by atoms with Crippen LogP contribution in [-0.2, 0) is 0 Å². The van der Waals surface area contributed by atoms with Crippen molar-refractivity contribution in [3.63, 3.8) is 0 Å². The molecule has 6 nitrogen and oxygen atoms in total. The van der Waals surface area contributed by atoms with Crippen LogP contribution in [0.4, 0.5) is 5.88 Å². The Morgan fingerprint density at radius 2 is 1.96 bits per heavy atom. The van der Waals surface area contributed by atoms with E-state index in [9.17, 15) is 4.79 Å². The van der Waals surface area contributed by atoms with E-state index < -0.39 is 0 Å². The van der Waals surface area contributed by atoms with Crippen LogP contribution in [0.2, 0.25) is 0 Å². The fourth-order valence-corrected chi connectivity index (χ4v) is 2.45. The van der Waals surface area contributed by atoms with E-state index in [0.717, 1.165) is 29.7 Å². The number of benzene rings is 1. The molecule has 1 aliphatic carbocycles. The quantitative estimate of drug-likeness (QED) is 0.793. The van der Waals surface area contributed by atoms with Crippen LogP contribution in [0, 0.1) is 6.92 Å². The van der Waals surface area contributed by atoms with Crippen molar-refractivity contribution in [1.82, 2.24) is 10.3 Å². The summed E-state index contributed by atoms with van der Waals surface area (Å²) in [6.45, 7) is 1.85. The molecule has 116 valence electrons. The Morgan fingerprint density at radius 3 is 2.70 bits per heavy atom. The van der Waals surface area contributed by atoms with Crippen LogP contribution in [0.15, 0.2) is 45.4 Å². The van der Waals surface area contributed by atoms with Crippen molar-refractivity contribution < 1.29 is 13.8 Å². The number of hydrogen-bond acceptors (Lipinski definition) is 5. The lowest BCUT2D eigenvalue weighted by atomic mass is 10.1. The van der Waals surface area contributed by atoms with Gasteiger partial charge in [-0.05, 0) is 19.8 Å². The summed E-state index contributed by atoms with van der Waals surface area (Å²) >= 11 is 0. The van der Waals surface area contributed by atoms with E-state index >= 15 is 0 Å². The van der Waals surface area contributed by atoms with Gasteiger partial charge in [-0.25, -0.2) is 0 Å². The zero-order chi connectivity index (χ0) is 15.8. The third kappa shape index (κ3) is 2.63. The molecule has 0 spiro atoms. The number of aromatic nitrogens is 2. The zero-order valence-corrected chi connectivity index (χ0v) is 12.6. The second-order valence-corrected chi connectivity index (χ2v) is 5.70. The molecule has 1 aliphatic rings. The van der Waals surface area contributed by atoms with Gasteiger partial charge < -0.3 is 9.05 Å². The first kappa shape index (κ1) is 13.8. The van der Waals surface area contributed by atoms with Crippen molar-refractivity contribution in [3.05, 3.63) is 53.4 Å². The highest BCUT2D eigenvalue weighted by Gasteiger charge is 2.28. The van der Waals surface area contributed by atoms with E-state index in [1.807, 2.05) is 37.3 Å². The van der Waals surface area contributed by atoms with Crippen molar-refractivity contribution in [2.45, 2.75) is 25.7 Å². The van der Waals surface area contributed by atoms with E-state index in [-0.39, 0.29) is 11.7 Å². The molecule has 4 rings (SSSR count). The molecule has 1 aromatic carbocycles. The highest BCUT2D eigenvalue weighted by atomic mass is 16.5. The lowest BCUT2D eigenvalue weighted by Gasteiger charge is -1.99. The summed E-state index contributed by atoms with van der Waals surface area (Å²) in [5.74, 6) is 0.558. The van der Waals surface area contributed by atoms with E-state index in [1.165, 1.54) is 0 Å². The molecular weight excluding hydrogens is 294 g/mol. The third-order valence-corrected chi connectivity index (χ3v) is 3.95. The first-order valence-corrected chi connectivity index (χ1v) is 7.52. The topological polar surface area (TPSA) is 81.2 Å². The van der Waals surface area contributed by atoms with Gasteiger partial charge in [0, 0.05) is 23.1 Å². The van der Waals surface area contributed by atoms with Crippen LogP contribution in [-0.4, -0.2) is 16.2 Å². The van der Waals surface area contributed by atoms with Gasteiger partial charge in [-0.1, -0.05) is 40.6 Å². The van der Waals surface area contributed by atoms with Gasteiger partial charge in [0.1, 0.15) is 5.69 Å². The first-order chi connectivity index (χ1) is 11.2. The summed E-state index contributed by atoms with van der Waals surface area (Å²) in [7, 11) is 0. The predicted octanol–water partition coefficient (Wildman–Crippen LogP) is 3.77. The summed E-state index contributed by atoms with van der Waals surface area (Å²) in [6, 6.07) is 11.4. The van der Waals surface area contributed by atoms with Crippen LogP contribution in [0.25, 0.3) is 11.3 Å². The van der Waals surface area contributed by atoms with Crippen molar-refractivity contribution in [1.29, 1.82) is 0 Å². The number of anilines is 1. The third-order valence-electron chi connectivity index (χ3n) is 3.95. The van der Waals surface area contributed by atoms with Gasteiger partial charge >= 0.3 is 0 Å². The van der Waals surface area contributed by atoms with Gasteiger partial charge in [-0.3, -0.25) is 10.1 Å². The summed E-state index contributed by atoms with van der Waals surface area (Å²) in [5.41, 5.74) is 3.25. The number of carbonyl (C=O) groups excluding carboxylic acids is 1. The largest absolute Gasteiger partial charge is 0.351 e. The lowest BCUT2D eigenvalue weighted by molar-refractivity contribution is 0.0984. The molecule has 2 heterocycles. The molecule has 1 amide bonds. The summed E-state index contributed by atoms with van der Waals surface area (Å²) in [5, 5.41) is 10.7. The second-order valence-electron chi connectivity index (χ2n) is 5.70. The fraction of sp³-hybridized carbons (Fsp3) is 0.235. The Kier molecular flexibility index (Phi) is 3.22. The molecule has 6 heteroatoms. The molecule has 0 bridgehead atoms. The summed E-state index contributed by atoms with van der Waals surface area (Å²) in [6.07, 6.45) is 2.21. The second kappa shape index (κ2) is 5.39. The molecule has 0 unspecified atom stereocenters. The van der Waals surface area contributed by atoms with E-state index in [0.29, 0.717) is 17.5 Å². The van der Waals surface area contributed by atoms with Crippen LogP contribution >= 0.6 is 0 Å². The zero-order valence-electron chi connectivity index (χ0n) is 12.6. The number of nitrogens with zero attached hydrogens (tertiary/aromatic N) is 2. The molecule has 1 fully saturated rings. The van der Waals surface area contributed by atoms with Crippen LogP contribution in [0.1, 0.15) is 40.6 Å². The van der Waals surface area contributed by atoms with Gasteiger partial charge in [-0.15, -0.1) is 0 Å². The maximum absolute atomic E-state index is 12.2. The van der Waals surface area contributed by atoms with E-state index in [4.69, 9.17) is 9.05 Å². The summed E-state index contributed by atoms with van der Waals surface area (Å²) < 4.78 is 10.4. The Bertz CT molecular complexity index is 847. The number of hydrogen-bond donors (Lipinski definition) is 1. The molecule has 23 heavy (non-hydrogen) atoms. The Hall–Kier alpha value is -2.89. The number of carbonyl (C=O) groups is 1. The average molecular weight is 309 g/mol. The van der Waals surface area contributed by atoms with Crippen molar-refractivity contribution >= 4 is 11.8 Å². The maximum Gasteiger partial charge on any atom is 0.296 e. The number of nitrogens with one attached hydrogen (secondary N) is 1.